The SMILES string of the molecule is COc1cc(Br)ccc1C(=O)N1CCCN(C)CC1C. The number of rotatable bonds is 2. The van der Waals surface area contributed by atoms with Crippen LogP contribution in [0.4, 0.5) is 0 Å². The minimum atomic E-state index is 0.0529. The second kappa shape index (κ2) is 6.59. The summed E-state index contributed by atoms with van der Waals surface area (Å²) < 4.78 is 6.25. The highest BCUT2D eigenvalue weighted by Gasteiger charge is 2.26. The van der Waals surface area contributed by atoms with Crippen molar-refractivity contribution in [2.24, 2.45) is 0 Å². The largest absolute Gasteiger partial charge is 0.496 e. The molecule has 2 rings (SSSR count). The molecule has 0 bridgehead atoms. The van der Waals surface area contributed by atoms with Crippen LogP contribution in [0.5, 0.6) is 5.75 Å². The van der Waals surface area contributed by atoms with E-state index in [1.165, 1.54) is 0 Å². The number of hydrogen-bond donors (Lipinski definition) is 0. The molecule has 0 N–H and O–H groups in total. The van der Waals surface area contributed by atoms with Gasteiger partial charge in [-0.15, -0.1) is 0 Å². The number of likely N-dealkylation sites (N-methyl/N-ethyl adjacent to an activating group) is 1. The van der Waals surface area contributed by atoms with Gasteiger partial charge in [0.2, 0.25) is 0 Å². The number of ether oxygens (including phenoxy) is 1. The Labute approximate surface area is 128 Å². The molecule has 1 aliphatic rings. The number of carbonyl (C=O) groups is 1. The summed E-state index contributed by atoms with van der Waals surface area (Å²) >= 11 is 3.40. The van der Waals surface area contributed by atoms with Crippen LogP contribution in [0, 0.1) is 0 Å². The number of nitrogens with zero attached hydrogens (tertiary/aromatic N) is 2. The summed E-state index contributed by atoms with van der Waals surface area (Å²) in [6, 6.07) is 5.75. The van der Waals surface area contributed by atoms with Crippen molar-refractivity contribution in [3.05, 3.63) is 28.2 Å². The van der Waals surface area contributed by atoms with Crippen molar-refractivity contribution in [1.82, 2.24) is 9.80 Å². The third kappa shape index (κ3) is 3.33. The molecule has 110 valence electrons. The predicted molar refractivity (Wildman–Crippen MR) is 83.3 cm³/mol. The van der Waals surface area contributed by atoms with Crippen LogP contribution >= 0.6 is 15.9 Å². The molecule has 20 heavy (non-hydrogen) atoms. The highest BCUT2D eigenvalue weighted by Crippen LogP contribution is 2.26. The van der Waals surface area contributed by atoms with E-state index in [0.717, 1.165) is 30.5 Å². The Kier molecular flexibility index (Phi) is 5.05. The minimum absolute atomic E-state index is 0.0529. The number of hydrogen-bond acceptors (Lipinski definition) is 3. The molecule has 0 saturated carbocycles. The molecule has 1 atom stereocenters. The van der Waals surface area contributed by atoms with Gasteiger partial charge in [-0.25, -0.2) is 0 Å². The van der Waals surface area contributed by atoms with Crippen LogP contribution in [0.1, 0.15) is 23.7 Å². The third-order valence-corrected chi connectivity index (χ3v) is 4.19. The molecule has 1 amide bonds. The topological polar surface area (TPSA) is 32.8 Å². The van der Waals surface area contributed by atoms with Crippen LogP contribution in [0.2, 0.25) is 0 Å². The number of benzene rings is 1. The van der Waals surface area contributed by atoms with E-state index in [1.807, 2.05) is 23.1 Å². The molecule has 0 radical (unpaired) electrons. The highest BCUT2D eigenvalue weighted by atomic mass is 79.9. The summed E-state index contributed by atoms with van der Waals surface area (Å²) in [6.07, 6.45) is 1.01. The van der Waals surface area contributed by atoms with Crippen molar-refractivity contribution in [3.63, 3.8) is 0 Å². The number of methoxy groups -OCH3 is 1. The van der Waals surface area contributed by atoms with Crippen molar-refractivity contribution < 1.29 is 9.53 Å². The van der Waals surface area contributed by atoms with E-state index in [-0.39, 0.29) is 11.9 Å². The molecule has 1 fully saturated rings. The van der Waals surface area contributed by atoms with Crippen LogP contribution in [-0.4, -0.2) is 55.5 Å². The average Bonchev–Trinajstić information content (AvgIpc) is 2.58. The molecule has 1 aliphatic heterocycles. The Bertz CT molecular complexity index is 493. The quantitative estimate of drug-likeness (QED) is 0.829. The first-order valence-electron chi connectivity index (χ1n) is 6.86. The molecular formula is C15H21BrN2O2. The Morgan fingerprint density at radius 1 is 1.40 bits per heavy atom. The van der Waals surface area contributed by atoms with Crippen LogP contribution in [0.25, 0.3) is 0 Å². The average molecular weight is 341 g/mol. The monoisotopic (exact) mass is 340 g/mol. The maximum absolute atomic E-state index is 12.8. The number of halogens is 1. The molecule has 5 heteroatoms. The van der Waals surface area contributed by atoms with Crippen molar-refractivity contribution in [2.45, 2.75) is 19.4 Å². The molecule has 0 aliphatic carbocycles. The molecule has 1 heterocycles. The minimum Gasteiger partial charge on any atom is -0.496 e. The van der Waals surface area contributed by atoms with Gasteiger partial charge in [-0.1, -0.05) is 15.9 Å². The van der Waals surface area contributed by atoms with Crippen molar-refractivity contribution >= 4 is 21.8 Å². The molecule has 1 unspecified atom stereocenters. The maximum atomic E-state index is 12.8. The second-order valence-electron chi connectivity index (χ2n) is 5.31. The summed E-state index contributed by atoms with van der Waals surface area (Å²) in [5.41, 5.74) is 0.632. The van der Waals surface area contributed by atoms with Gasteiger partial charge < -0.3 is 14.5 Å². The van der Waals surface area contributed by atoms with E-state index in [4.69, 9.17) is 4.74 Å². The molecular weight excluding hydrogens is 320 g/mol. The lowest BCUT2D eigenvalue weighted by Crippen LogP contribution is -2.42. The number of amides is 1. The zero-order valence-corrected chi connectivity index (χ0v) is 13.8. The summed E-state index contributed by atoms with van der Waals surface area (Å²) in [5.74, 6) is 0.673. The van der Waals surface area contributed by atoms with Crippen LogP contribution in [-0.2, 0) is 0 Å². The first-order chi connectivity index (χ1) is 9.52. The lowest BCUT2D eigenvalue weighted by molar-refractivity contribution is 0.0693. The van der Waals surface area contributed by atoms with Crippen LogP contribution in [0.15, 0.2) is 22.7 Å². The zero-order valence-electron chi connectivity index (χ0n) is 12.2. The summed E-state index contributed by atoms with van der Waals surface area (Å²) in [6.45, 7) is 4.84. The van der Waals surface area contributed by atoms with E-state index in [9.17, 15) is 4.79 Å². The molecule has 4 nitrogen and oxygen atoms in total. The first kappa shape index (κ1) is 15.3. The van der Waals surface area contributed by atoms with Crippen molar-refractivity contribution in [3.8, 4) is 5.75 Å². The van der Waals surface area contributed by atoms with Gasteiger partial charge in [0.1, 0.15) is 5.75 Å². The van der Waals surface area contributed by atoms with E-state index in [2.05, 4.69) is 34.8 Å². The molecule has 0 spiro atoms. The smallest absolute Gasteiger partial charge is 0.257 e. The van der Waals surface area contributed by atoms with E-state index in [0.29, 0.717) is 11.3 Å². The van der Waals surface area contributed by atoms with Crippen molar-refractivity contribution in [1.29, 1.82) is 0 Å². The number of carbonyl (C=O) groups excluding carboxylic acids is 1. The Hall–Kier alpha value is -1.07. The lowest BCUT2D eigenvalue weighted by Gasteiger charge is -2.28. The van der Waals surface area contributed by atoms with E-state index >= 15 is 0 Å². The van der Waals surface area contributed by atoms with Gasteiger partial charge in [0.05, 0.1) is 12.7 Å². The van der Waals surface area contributed by atoms with Gasteiger partial charge in [-0.3, -0.25) is 4.79 Å². The normalized spacial score (nSPS) is 20.6. The zero-order chi connectivity index (χ0) is 14.7. The van der Waals surface area contributed by atoms with Crippen molar-refractivity contribution in [2.75, 3.05) is 33.8 Å². The predicted octanol–water partition coefficient (Wildman–Crippen LogP) is 2.62. The fourth-order valence-corrected chi connectivity index (χ4v) is 3.01. The molecule has 1 aromatic rings. The van der Waals surface area contributed by atoms with Gasteiger partial charge in [-0.2, -0.15) is 0 Å². The summed E-state index contributed by atoms with van der Waals surface area (Å²) in [5, 5.41) is 0. The first-order valence-corrected chi connectivity index (χ1v) is 7.65. The molecule has 1 aromatic carbocycles. The highest BCUT2D eigenvalue weighted by molar-refractivity contribution is 9.10. The lowest BCUT2D eigenvalue weighted by atomic mass is 10.1. The standard InChI is InChI=1S/C15H21BrN2O2/c1-11-10-17(2)7-4-8-18(11)15(19)13-6-5-12(16)9-14(13)20-3/h5-6,9,11H,4,7-8,10H2,1-3H3. The Morgan fingerprint density at radius 3 is 2.85 bits per heavy atom. The fraction of sp³-hybridized carbons (Fsp3) is 0.533. The Morgan fingerprint density at radius 2 is 2.15 bits per heavy atom. The van der Waals surface area contributed by atoms with E-state index < -0.39 is 0 Å². The molecule has 0 aromatic heterocycles. The van der Waals surface area contributed by atoms with Gasteiger partial charge in [0, 0.05) is 23.6 Å². The second-order valence-corrected chi connectivity index (χ2v) is 6.22. The van der Waals surface area contributed by atoms with Gasteiger partial charge in [0.15, 0.2) is 0 Å². The maximum Gasteiger partial charge on any atom is 0.257 e. The van der Waals surface area contributed by atoms with Gasteiger partial charge >= 0.3 is 0 Å². The third-order valence-electron chi connectivity index (χ3n) is 3.70. The summed E-state index contributed by atoms with van der Waals surface area (Å²) in [7, 11) is 3.70. The molecule has 1 saturated heterocycles. The van der Waals surface area contributed by atoms with Gasteiger partial charge in [0.25, 0.3) is 5.91 Å². The fourth-order valence-electron chi connectivity index (χ4n) is 2.67. The van der Waals surface area contributed by atoms with Gasteiger partial charge in [-0.05, 0) is 45.1 Å². The van der Waals surface area contributed by atoms with Crippen LogP contribution in [0.3, 0.4) is 0 Å². The van der Waals surface area contributed by atoms with Crippen LogP contribution < -0.4 is 4.74 Å². The summed E-state index contributed by atoms with van der Waals surface area (Å²) in [4.78, 5) is 17.0. The Balaban J connectivity index is 2.26. The van der Waals surface area contributed by atoms with E-state index in [1.54, 1.807) is 7.11 Å².